The zero-order chi connectivity index (χ0) is 12.8. The Bertz CT molecular complexity index is 205. The van der Waals surface area contributed by atoms with E-state index in [9.17, 15) is 0 Å². The summed E-state index contributed by atoms with van der Waals surface area (Å²) in [6.07, 6.45) is 2.15. The van der Waals surface area contributed by atoms with Crippen LogP contribution in [-0.2, 0) is 0 Å². The van der Waals surface area contributed by atoms with Gasteiger partial charge in [0, 0.05) is 5.54 Å². The largest absolute Gasteiger partial charge is 0.296 e. The zero-order valence-electron chi connectivity index (χ0n) is 11.6. The van der Waals surface area contributed by atoms with Gasteiger partial charge < -0.3 is 0 Å². The van der Waals surface area contributed by atoms with Crippen LogP contribution in [0.4, 0.5) is 0 Å². The first-order valence-corrected chi connectivity index (χ1v) is 6.40. The molecule has 0 spiro atoms. The fourth-order valence-corrected chi connectivity index (χ4v) is 2.90. The van der Waals surface area contributed by atoms with Crippen molar-refractivity contribution in [3.05, 3.63) is 12.2 Å². The van der Waals surface area contributed by atoms with Crippen LogP contribution < -0.4 is 11.3 Å². The molecule has 0 aliphatic heterocycles. The summed E-state index contributed by atoms with van der Waals surface area (Å²) in [5.41, 5.74) is 4.15. The highest BCUT2D eigenvalue weighted by Crippen LogP contribution is 2.30. The molecule has 3 N–H and O–H groups in total. The molecule has 1 atom stereocenters. The number of nitrogens with two attached hydrogens (primary N) is 1. The molecule has 0 heterocycles. The quantitative estimate of drug-likeness (QED) is 0.380. The highest BCUT2D eigenvalue weighted by atomic mass is 15.3. The molecule has 16 heavy (non-hydrogen) atoms. The van der Waals surface area contributed by atoms with Gasteiger partial charge in [0.25, 0.3) is 0 Å². The van der Waals surface area contributed by atoms with Gasteiger partial charge >= 0.3 is 0 Å². The topological polar surface area (TPSA) is 41.3 Å². The van der Waals surface area contributed by atoms with Crippen LogP contribution in [0.1, 0.15) is 47.5 Å². The van der Waals surface area contributed by atoms with Crippen LogP contribution in [0.3, 0.4) is 0 Å². The van der Waals surface area contributed by atoms with Gasteiger partial charge in [0.05, 0.1) is 6.04 Å². The van der Waals surface area contributed by atoms with Gasteiger partial charge in [-0.2, -0.15) is 0 Å². The lowest BCUT2D eigenvalue weighted by Gasteiger charge is -2.48. The zero-order valence-corrected chi connectivity index (χ0v) is 11.6. The van der Waals surface area contributed by atoms with E-state index in [1.807, 2.05) is 6.92 Å². The van der Waals surface area contributed by atoms with E-state index >= 15 is 0 Å². The molecule has 0 aromatic heterocycles. The van der Waals surface area contributed by atoms with Crippen molar-refractivity contribution >= 4 is 0 Å². The average molecular weight is 227 g/mol. The second kappa shape index (κ2) is 7.05. The number of likely N-dealkylation sites (N-methyl/N-ethyl adjacent to an activating group) is 1. The predicted octanol–water partition coefficient (Wildman–Crippen LogP) is 2.29. The molecule has 0 amide bonds. The molecule has 0 fully saturated rings. The van der Waals surface area contributed by atoms with Crippen molar-refractivity contribution < 1.29 is 0 Å². The molecule has 96 valence electrons. The Morgan fingerprint density at radius 1 is 1.25 bits per heavy atom. The highest BCUT2D eigenvalue weighted by Gasteiger charge is 2.39. The lowest BCUT2D eigenvalue weighted by Crippen LogP contribution is -2.62. The van der Waals surface area contributed by atoms with E-state index in [-0.39, 0.29) is 11.6 Å². The van der Waals surface area contributed by atoms with Crippen LogP contribution in [0.25, 0.3) is 0 Å². The van der Waals surface area contributed by atoms with Gasteiger partial charge in [0.15, 0.2) is 0 Å². The molecule has 3 nitrogen and oxygen atoms in total. The van der Waals surface area contributed by atoms with Crippen LogP contribution in [0.5, 0.6) is 0 Å². The molecule has 0 saturated carbocycles. The van der Waals surface area contributed by atoms with Crippen molar-refractivity contribution in [1.82, 2.24) is 10.3 Å². The number of hydrogen-bond acceptors (Lipinski definition) is 3. The van der Waals surface area contributed by atoms with Gasteiger partial charge in [-0.3, -0.25) is 16.2 Å². The van der Waals surface area contributed by atoms with Crippen molar-refractivity contribution in [2.45, 2.75) is 59.0 Å². The summed E-state index contributed by atoms with van der Waals surface area (Å²) in [5, 5.41) is 0. The Hall–Kier alpha value is -0.380. The van der Waals surface area contributed by atoms with E-state index in [0.717, 1.165) is 31.5 Å². The van der Waals surface area contributed by atoms with E-state index in [4.69, 9.17) is 5.84 Å². The summed E-state index contributed by atoms with van der Waals surface area (Å²) in [4.78, 5) is 2.49. The van der Waals surface area contributed by atoms with E-state index in [2.05, 4.69) is 44.6 Å². The van der Waals surface area contributed by atoms with Gasteiger partial charge in [-0.25, -0.2) is 0 Å². The number of hydrazine groups is 1. The molecule has 0 saturated heterocycles. The van der Waals surface area contributed by atoms with Gasteiger partial charge in [0.1, 0.15) is 0 Å². The summed E-state index contributed by atoms with van der Waals surface area (Å²) < 4.78 is 0. The number of hydrogen-bond donors (Lipinski definition) is 2. The first-order valence-electron chi connectivity index (χ1n) is 6.40. The standard InChI is InChI=1S/C13H29N3/c1-7-13(8-2,16(9-3)10-4)12(15-14)11(5)6/h12,15H,5,7-10,14H2,1-4,6H3. The lowest BCUT2D eigenvalue weighted by molar-refractivity contribution is 0.0614. The van der Waals surface area contributed by atoms with Crippen molar-refractivity contribution in [2.75, 3.05) is 13.1 Å². The second-order valence-electron chi connectivity index (χ2n) is 4.43. The monoisotopic (exact) mass is 227 g/mol. The minimum atomic E-state index is 0.0874. The fourth-order valence-electron chi connectivity index (χ4n) is 2.90. The molecule has 0 aliphatic carbocycles. The Kier molecular flexibility index (Phi) is 6.88. The highest BCUT2D eigenvalue weighted by molar-refractivity contribution is 5.14. The summed E-state index contributed by atoms with van der Waals surface area (Å²) in [5.74, 6) is 5.72. The van der Waals surface area contributed by atoms with Gasteiger partial charge in [-0.15, -0.1) is 0 Å². The predicted molar refractivity (Wildman–Crippen MR) is 72.2 cm³/mol. The normalized spacial score (nSPS) is 14.2. The first-order chi connectivity index (χ1) is 7.53. The Morgan fingerprint density at radius 2 is 1.69 bits per heavy atom. The van der Waals surface area contributed by atoms with E-state index in [1.165, 1.54) is 0 Å². The molecule has 0 aromatic carbocycles. The Labute approximate surface area is 101 Å². The molecule has 0 bridgehead atoms. The Balaban J connectivity index is 5.26. The maximum absolute atomic E-state index is 5.72. The second-order valence-corrected chi connectivity index (χ2v) is 4.43. The van der Waals surface area contributed by atoms with Crippen molar-refractivity contribution in [1.29, 1.82) is 0 Å². The molecule has 3 heteroatoms. The molecule has 0 aromatic rings. The molecular formula is C13H29N3. The van der Waals surface area contributed by atoms with Crippen LogP contribution in [0.15, 0.2) is 12.2 Å². The smallest absolute Gasteiger partial charge is 0.0598 e. The van der Waals surface area contributed by atoms with Gasteiger partial charge in [-0.1, -0.05) is 39.8 Å². The number of rotatable bonds is 8. The summed E-state index contributed by atoms with van der Waals surface area (Å²) >= 11 is 0. The molecular weight excluding hydrogens is 198 g/mol. The SMILES string of the molecule is C=C(C)C(NN)C(CC)(CC)N(CC)CC. The molecule has 1 unspecified atom stereocenters. The molecule has 0 radical (unpaired) electrons. The summed E-state index contributed by atoms with van der Waals surface area (Å²) in [7, 11) is 0. The van der Waals surface area contributed by atoms with Gasteiger partial charge in [0.2, 0.25) is 0 Å². The van der Waals surface area contributed by atoms with Crippen LogP contribution in [-0.4, -0.2) is 29.6 Å². The van der Waals surface area contributed by atoms with Crippen LogP contribution in [0.2, 0.25) is 0 Å². The lowest BCUT2D eigenvalue weighted by atomic mass is 9.80. The first kappa shape index (κ1) is 15.6. The maximum Gasteiger partial charge on any atom is 0.0598 e. The molecule has 0 aliphatic rings. The third-order valence-electron chi connectivity index (χ3n) is 3.81. The van der Waals surface area contributed by atoms with Crippen LogP contribution >= 0.6 is 0 Å². The van der Waals surface area contributed by atoms with E-state index in [0.29, 0.717) is 0 Å². The molecule has 0 rings (SSSR count). The minimum Gasteiger partial charge on any atom is -0.296 e. The average Bonchev–Trinajstić information content (AvgIpc) is 2.28. The minimum absolute atomic E-state index is 0.0874. The fraction of sp³-hybridized carbons (Fsp3) is 0.846. The van der Waals surface area contributed by atoms with Crippen molar-refractivity contribution in [3.8, 4) is 0 Å². The maximum atomic E-state index is 5.72. The third-order valence-corrected chi connectivity index (χ3v) is 3.81. The Morgan fingerprint density at radius 3 is 1.88 bits per heavy atom. The van der Waals surface area contributed by atoms with Crippen molar-refractivity contribution in [3.63, 3.8) is 0 Å². The summed E-state index contributed by atoms with van der Waals surface area (Å²) in [6, 6.07) is 0.155. The van der Waals surface area contributed by atoms with Crippen molar-refractivity contribution in [2.24, 2.45) is 5.84 Å². The third kappa shape index (κ3) is 2.84. The van der Waals surface area contributed by atoms with Crippen LogP contribution in [0, 0.1) is 0 Å². The van der Waals surface area contributed by atoms with E-state index < -0.39 is 0 Å². The summed E-state index contributed by atoms with van der Waals surface area (Å²) in [6.45, 7) is 17.1. The number of nitrogens with one attached hydrogen (secondary N) is 1. The van der Waals surface area contributed by atoms with E-state index in [1.54, 1.807) is 0 Å². The van der Waals surface area contributed by atoms with Gasteiger partial charge in [-0.05, 0) is 32.9 Å². The number of nitrogens with zero attached hydrogens (tertiary/aromatic N) is 1.